The lowest BCUT2D eigenvalue weighted by Gasteiger charge is -2.23. The summed E-state index contributed by atoms with van der Waals surface area (Å²) in [5.41, 5.74) is 1.08. The van der Waals surface area contributed by atoms with Crippen molar-refractivity contribution in [2.45, 2.75) is 26.0 Å². The van der Waals surface area contributed by atoms with Crippen LogP contribution in [0.3, 0.4) is 0 Å². The lowest BCUT2D eigenvalue weighted by atomic mass is 10.1. The van der Waals surface area contributed by atoms with Crippen molar-refractivity contribution < 1.29 is 14.5 Å². The number of carbonyl (C=O) groups is 1. The van der Waals surface area contributed by atoms with Crippen molar-refractivity contribution in [2.75, 3.05) is 6.54 Å². The van der Waals surface area contributed by atoms with Crippen molar-refractivity contribution in [3.8, 4) is 0 Å². The molecule has 1 atom stereocenters. The van der Waals surface area contributed by atoms with Crippen molar-refractivity contribution >= 4 is 17.5 Å². The number of amides is 1. The third kappa shape index (κ3) is 3.56. The van der Waals surface area contributed by atoms with Gasteiger partial charge in [-0.05, 0) is 37.5 Å². The molecule has 1 aliphatic heterocycles. The number of nitro benzene ring substituents is 1. The molecule has 0 bridgehead atoms. The summed E-state index contributed by atoms with van der Waals surface area (Å²) < 4.78 is 5.19. The van der Waals surface area contributed by atoms with E-state index in [0.717, 1.165) is 6.42 Å². The zero-order chi connectivity index (χ0) is 15.4. The van der Waals surface area contributed by atoms with E-state index in [2.05, 4.69) is 0 Å². The van der Waals surface area contributed by atoms with Gasteiger partial charge in [-0.3, -0.25) is 15.0 Å². The molecular formula is C14H16N3O4. The smallest absolute Gasteiger partial charge is 0.410 e. The molecule has 0 spiro atoms. The van der Waals surface area contributed by atoms with Gasteiger partial charge in [0.15, 0.2) is 0 Å². The van der Waals surface area contributed by atoms with Gasteiger partial charge in [0.2, 0.25) is 0 Å². The minimum absolute atomic E-state index is 0.00119. The average Bonchev–Trinajstić information content (AvgIpc) is 2.95. The van der Waals surface area contributed by atoms with E-state index in [4.69, 9.17) is 10.1 Å². The number of likely N-dealkylation sites (tertiary alicyclic amines) is 1. The van der Waals surface area contributed by atoms with Crippen LogP contribution >= 0.6 is 0 Å². The molecule has 1 N–H and O–H groups in total. The maximum Gasteiger partial charge on any atom is 0.410 e. The Balaban J connectivity index is 1.91. The van der Waals surface area contributed by atoms with Crippen molar-refractivity contribution in [3.05, 3.63) is 46.4 Å². The molecule has 1 fully saturated rings. The first-order chi connectivity index (χ1) is 9.99. The van der Waals surface area contributed by atoms with Gasteiger partial charge in [0.1, 0.15) is 6.61 Å². The molecule has 1 aromatic rings. The number of benzene rings is 1. The zero-order valence-electron chi connectivity index (χ0n) is 11.6. The number of hydrogen-bond acceptors (Lipinski definition) is 5. The second-order valence-corrected chi connectivity index (χ2v) is 4.82. The molecule has 0 aromatic heterocycles. The van der Waals surface area contributed by atoms with Crippen LogP contribution in [0.1, 0.15) is 18.9 Å². The highest BCUT2D eigenvalue weighted by Crippen LogP contribution is 2.19. The first-order valence-electron chi connectivity index (χ1n) is 6.54. The maximum absolute atomic E-state index is 12.0. The zero-order valence-corrected chi connectivity index (χ0v) is 11.6. The fourth-order valence-electron chi connectivity index (χ4n) is 2.20. The van der Waals surface area contributed by atoms with E-state index in [-0.39, 0.29) is 18.3 Å². The van der Waals surface area contributed by atoms with Crippen LogP contribution in [0.2, 0.25) is 0 Å². The predicted molar refractivity (Wildman–Crippen MR) is 76.1 cm³/mol. The van der Waals surface area contributed by atoms with Crippen molar-refractivity contribution in [1.82, 2.24) is 4.90 Å². The van der Waals surface area contributed by atoms with E-state index in [1.165, 1.54) is 17.0 Å². The molecule has 1 aliphatic rings. The summed E-state index contributed by atoms with van der Waals surface area (Å²) in [6.07, 6.45) is 2.18. The minimum Gasteiger partial charge on any atom is -0.445 e. The van der Waals surface area contributed by atoms with E-state index in [1.807, 2.05) is 6.42 Å². The largest absolute Gasteiger partial charge is 0.445 e. The number of non-ortho nitro benzene ring substituents is 1. The molecule has 7 heteroatoms. The molecule has 1 heterocycles. The van der Waals surface area contributed by atoms with Gasteiger partial charge in [0.05, 0.1) is 11.0 Å². The molecule has 1 unspecified atom stereocenters. The first-order valence-corrected chi connectivity index (χ1v) is 6.54. The molecular weight excluding hydrogens is 274 g/mol. The summed E-state index contributed by atoms with van der Waals surface area (Å²) in [5.74, 6) is 0. The Bertz CT molecular complexity index is 556. The first kappa shape index (κ1) is 15.0. The SMILES string of the molecule is CC(=N)C1[CH]CCN1C(=O)OCc1ccc([N+](=O)[O-])cc1. The quantitative estimate of drug-likeness (QED) is 0.523. The second-order valence-electron chi connectivity index (χ2n) is 4.82. The Morgan fingerprint density at radius 3 is 2.71 bits per heavy atom. The summed E-state index contributed by atoms with van der Waals surface area (Å²) in [7, 11) is 0. The number of ether oxygens (including phenoxy) is 1. The van der Waals surface area contributed by atoms with Crippen LogP contribution in [0.5, 0.6) is 0 Å². The number of nitrogens with zero attached hydrogens (tertiary/aromatic N) is 2. The summed E-state index contributed by atoms with van der Waals surface area (Å²) in [5, 5.41) is 18.2. The van der Waals surface area contributed by atoms with Crippen molar-refractivity contribution in [2.24, 2.45) is 0 Å². The Morgan fingerprint density at radius 1 is 1.48 bits per heavy atom. The third-order valence-corrected chi connectivity index (χ3v) is 3.28. The molecule has 21 heavy (non-hydrogen) atoms. The van der Waals surface area contributed by atoms with E-state index >= 15 is 0 Å². The van der Waals surface area contributed by atoms with Gasteiger partial charge in [-0.15, -0.1) is 0 Å². The Morgan fingerprint density at radius 2 is 2.14 bits per heavy atom. The van der Waals surface area contributed by atoms with Crippen molar-refractivity contribution in [3.63, 3.8) is 0 Å². The molecule has 1 amide bonds. The number of hydrogen-bond donors (Lipinski definition) is 1. The van der Waals surface area contributed by atoms with E-state index < -0.39 is 11.0 Å². The highest BCUT2D eigenvalue weighted by Gasteiger charge is 2.31. The topological polar surface area (TPSA) is 96.5 Å². The number of nitro groups is 1. The summed E-state index contributed by atoms with van der Waals surface area (Å²) >= 11 is 0. The molecule has 1 radical (unpaired) electrons. The molecule has 0 saturated carbocycles. The van der Waals surface area contributed by atoms with Gasteiger partial charge < -0.3 is 10.1 Å². The van der Waals surface area contributed by atoms with Gasteiger partial charge in [-0.1, -0.05) is 0 Å². The minimum atomic E-state index is -0.479. The predicted octanol–water partition coefficient (Wildman–Crippen LogP) is 2.55. The van der Waals surface area contributed by atoms with Crippen molar-refractivity contribution in [1.29, 1.82) is 5.41 Å². The average molecular weight is 290 g/mol. The molecule has 7 nitrogen and oxygen atoms in total. The highest BCUT2D eigenvalue weighted by atomic mass is 16.6. The van der Waals surface area contributed by atoms with Crippen LogP contribution in [0.15, 0.2) is 24.3 Å². The number of nitrogens with one attached hydrogen (secondary N) is 1. The number of carbonyl (C=O) groups excluding carboxylic acids is 1. The second kappa shape index (κ2) is 6.34. The lowest BCUT2D eigenvalue weighted by Crippen LogP contribution is -2.39. The third-order valence-electron chi connectivity index (χ3n) is 3.28. The van der Waals surface area contributed by atoms with Gasteiger partial charge in [-0.25, -0.2) is 4.79 Å². The maximum atomic E-state index is 12.0. The van der Waals surface area contributed by atoms with E-state index in [0.29, 0.717) is 17.8 Å². The van der Waals surface area contributed by atoms with Gasteiger partial charge in [-0.2, -0.15) is 0 Å². The molecule has 1 saturated heterocycles. The fourth-order valence-corrected chi connectivity index (χ4v) is 2.20. The van der Waals surface area contributed by atoms with E-state index in [9.17, 15) is 14.9 Å². The van der Waals surface area contributed by atoms with E-state index in [1.54, 1.807) is 19.1 Å². The highest BCUT2D eigenvalue weighted by molar-refractivity contribution is 5.89. The Kier molecular flexibility index (Phi) is 4.52. The lowest BCUT2D eigenvalue weighted by molar-refractivity contribution is -0.384. The standard InChI is InChI=1S/C14H16N3O4/c1-10(15)13-3-2-8-16(13)14(18)21-9-11-4-6-12(7-5-11)17(19)20/h3-7,13,15H,2,8-9H2,1H3. The fraction of sp³-hybridized carbons (Fsp3) is 0.357. The number of rotatable bonds is 4. The molecule has 0 aliphatic carbocycles. The van der Waals surface area contributed by atoms with Crippen LogP contribution in [0, 0.1) is 21.9 Å². The monoisotopic (exact) mass is 290 g/mol. The summed E-state index contributed by atoms with van der Waals surface area (Å²) in [6, 6.07) is 5.56. The van der Waals surface area contributed by atoms with Crippen LogP contribution < -0.4 is 0 Å². The van der Waals surface area contributed by atoms with Crippen LogP contribution in [0.25, 0.3) is 0 Å². The molecule has 2 rings (SSSR count). The van der Waals surface area contributed by atoms with Gasteiger partial charge in [0, 0.05) is 24.4 Å². The normalized spacial score (nSPS) is 17.6. The van der Waals surface area contributed by atoms with Gasteiger partial charge >= 0.3 is 6.09 Å². The molecule has 1 aromatic carbocycles. The Labute approximate surface area is 122 Å². The van der Waals surface area contributed by atoms with Crippen LogP contribution in [0.4, 0.5) is 10.5 Å². The van der Waals surface area contributed by atoms with Gasteiger partial charge in [0.25, 0.3) is 5.69 Å². The van der Waals surface area contributed by atoms with Crippen LogP contribution in [-0.4, -0.2) is 34.2 Å². The van der Waals surface area contributed by atoms with Crippen LogP contribution in [-0.2, 0) is 11.3 Å². The summed E-state index contributed by atoms with van der Waals surface area (Å²) in [4.78, 5) is 23.6. The Hall–Kier alpha value is -2.44. The molecule has 111 valence electrons. The summed E-state index contributed by atoms with van der Waals surface area (Å²) in [6.45, 7) is 2.25.